The molecule has 0 saturated carbocycles. The first-order valence-corrected chi connectivity index (χ1v) is 6.52. The van der Waals surface area contributed by atoms with Gasteiger partial charge in [-0.2, -0.15) is 0 Å². The summed E-state index contributed by atoms with van der Waals surface area (Å²) in [6, 6.07) is 8.26. The van der Waals surface area contributed by atoms with Gasteiger partial charge in [-0.3, -0.25) is 9.59 Å². The van der Waals surface area contributed by atoms with Gasteiger partial charge in [0.25, 0.3) is 21.8 Å². The van der Waals surface area contributed by atoms with Gasteiger partial charge in [0.1, 0.15) is 6.54 Å². The molecule has 17 heavy (non-hydrogen) atoms. The highest BCUT2D eigenvalue weighted by Gasteiger charge is 2.13. The van der Waals surface area contributed by atoms with Crippen LogP contribution in [0.25, 0.3) is 0 Å². The van der Waals surface area contributed by atoms with Gasteiger partial charge in [0.15, 0.2) is 0 Å². The van der Waals surface area contributed by atoms with E-state index in [1.807, 2.05) is 0 Å². The number of nitrogens with one attached hydrogen (secondary N) is 1. The van der Waals surface area contributed by atoms with Gasteiger partial charge in [-0.25, -0.2) is 8.42 Å². The van der Waals surface area contributed by atoms with Crippen molar-refractivity contribution in [2.45, 2.75) is 0 Å². The predicted octanol–water partition coefficient (Wildman–Crippen LogP) is -0.493. The first-order valence-electron chi connectivity index (χ1n) is 4.67. The van der Waals surface area contributed by atoms with E-state index in [1.54, 1.807) is 30.3 Å². The zero-order valence-electron chi connectivity index (χ0n) is 9.08. The zero-order valence-corrected chi connectivity index (χ0v) is 9.90. The van der Waals surface area contributed by atoms with Crippen molar-refractivity contribution in [2.24, 2.45) is 0 Å². The fourth-order valence-electron chi connectivity index (χ4n) is 1.06. The van der Waals surface area contributed by atoms with Crippen LogP contribution in [0.4, 0.5) is 0 Å². The summed E-state index contributed by atoms with van der Waals surface area (Å²) >= 11 is 0. The van der Waals surface area contributed by atoms with Crippen molar-refractivity contribution >= 4 is 21.8 Å². The number of rotatable bonds is 4. The lowest BCUT2D eigenvalue weighted by Gasteiger charge is -2.03. The van der Waals surface area contributed by atoms with E-state index in [9.17, 15) is 18.0 Å². The van der Waals surface area contributed by atoms with Crippen LogP contribution in [0.5, 0.6) is 0 Å². The van der Waals surface area contributed by atoms with E-state index in [2.05, 4.69) is 10.0 Å². The highest BCUT2D eigenvalue weighted by molar-refractivity contribution is 7.89. The first kappa shape index (κ1) is 13.2. The Balaban J connectivity index is 2.47. The van der Waals surface area contributed by atoms with Crippen molar-refractivity contribution in [3.05, 3.63) is 35.9 Å². The molecule has 0 aromatic heterocycles. The highest BCUT2D eigenvalue weighted by Crippen LogP contribution is 1.97. The Kier molecular flexibility index (Phi) is 4.22. The van der Waals surface area contributed by atoms with E-state index in [1.165, 1.54) is 0 Å². The Morgan fingerprint density at radius 2 is 1.82 bits per heavy atom. The molecule has 1 aromatic carbocycles. The predicted molar refractivity (Wildman–Crippen MR) is 60.8 cm³/mol. The number of benzene rings is 1. The lowest BCUT2D eigenvalue weighted by atomic mass is 10.2. The molecule has 0 aliphatic heterocycles. The summed E-state index contributed by atoms with van der Waals surface area (Å²) in [6.07, 6.45) is 0.809. The molecular formula is C10H11N2O4S. The molecule has 0 saturated heterocycles. The Bertz CT molecular complexity index is 510. The maximum atomic E-state index is 11.5. The summed E-state index contributed by atoms with van der Waals surface area (Å²) in [5, 5.41) is 2.27. The quantitative estimate of drug-likeness (QED) is 0.785. The van der Waals surface area contributed by atoms with E-state index >= 15 is 0 Å². The van der Waals surface area contributed by atoms with Crippen LogP contribution >= 0.6 is 0 Å². The van der Waals surface area contributed by atoms with Crippen LogP contribution in [-0.2, 0) is 14.8 Å². The molecule has 1 N–H and O–H groups in total. The van der Waals surface area contributed by atoms with Gasteiger partial charge in [0.2, 0.25) is 0 Å². The van der Waals surface area contributed by atoms with Crippen LogP contribution in [-0.4, -0.2) is 33.0 Å². The number of hydrogen-bond donors (Lipinski definition) is 1. The third-order valence-electron chi connectivity index (χ3n) is 1.70. The summed E-state index contributed by atoms with van der Waals surface area (Å²) in [5.41, 5.74) is 0.389. The van der Waals surface area contributed by atoms with E-state index in [0.29, 0.717) is 5.56 Å². The Labute approximate surface area is 99.1 Å². The van der Waals surface area contributed by atoms with Gasteiger partial charge in [0, 0.05) is 5.56 Å². The van der Waals surface area contributed by atoms with Crippen molar-refractivity contribution in [2.75, 3.05) is 12.8 Å². The first-order chi connectivity index (χ1) is 7.88. The number of amides is 2. The number of sulfonamides is 1. The van der Waals surface area contributed by atoms with Crippen molar-refractivity contribution < 1.29 is 18.0 Å². The summed E-state index contributed by atoms with van der Waals surface area (Å²) in [4.78, 5) is 22.5. The number of carbonyl (C=O) groups excluding carboxylic acids is 2. The lowest BCUT2D eigenvalue weighted by molar-refractivity contribution is -0.118. The van der Waals surface area contributed by atoms with Crippen molar-refractivity contribution in [3.63, 3.8) is 0 Å². The summed E-state index contributed by atoms with van der Waals surface area (Å²) in [5.74, 6) is -1.36. The standard InChI is InChI=1S/C10H11N2O4S/c1-17(15,16)12-9(13)7-11-10(14)8-5-3-2-4-6-8/h2-6H,7H2,1H3,(H,11,14). The Morgan fingerprint density at radius 1 is 1.24 bits per heavy atom. The Morgan fingerprint density at radius 3 is 2.35 bits per heavy atom. The highest BCUT2D eigenvalue weighted by atomic mass is 32.2. The van der Waals surface area contributed by atoms with Crippen molar-refractivity contribution in [1.29, 1.82) is 0 Å². The second kappa shape index (κ2) is 5.44. The molecule has 91 valence electrons. The minimum atomic E-state index is -3.71. The van der Waals surface area contributed by atoms with E-state index in [-0.39, 0.29) is 0 Å². The van der Waals surface area contributed by atoms with Gasteiger partial charge in [-0.05, 0) is 12.1 Å². The molecule has 7 heteroatoms. The molecule has 0 aliphatic carbocycles. The summed E-state index contributed by atoms with van der Waals surface area (Å²) < 4.78 is 24.2. The maximum Gasteiger partial charge on any atom is 0.275 e. The number of hydrogen-bond acceptors (Lipinski definition) is 4. The number of carbonyl (C=O) groups is 2. The van der Waals surface area contributed by atoms with Gasteiger partial charge in [0.05, 0.1) is 6.26 Å². The lowest BCUT2D eigenvalue weighted by Crippen LogP contribution is -2.35. The molecule has 0 heterocycles. The number of nitrogens with zero attached hydrogens (tertiary/aromatic N) is 1. The maximum absolute atomic E-state index is 11.5. The monoisotopic (exact) mass is 255 g/mol. The minimum Gasteiger partial charge on any atom is -0.343 e. The SMILES string of the molecule is CS(=O)(=O)[N]C(=O)CNC(=O)c1ccccc1. The topological polar surface area (TPSA) is 94.4 Å². The largest absolute Gasteiger partial charge is 0.343 e. The van der Waals surface area contributed by atoms with Crippen molar-refractivity contribution in [1.82, 2.24) is 10.0 Å². The minimum absolute atomic E-state index is 0.389. The third kappa shape index (κ3) is 5.12. The van der Waals surface area contributed by atoms with Crippen LogP contribution < -0.4 is 10.0 Å². The normalized spacial score (nSPS) is 10.6. The van der Waals surface area contributed by atoms with E-state index < -0.39 is 28.4 Å². The third-order valence-corrected chi connectivity index (χ3v) is 2.24. The molecular weight excluding hydrogens is 244 g/mol. The van der Waals surface area contributed by atoms with Gasteiger partial charge in [-0.1, -0.05) is 18.2 Å². The van der Waals surface area contributed by atoms with Gasteiger partial charge in [-0.15, -0.1) is 4.72 Å². The van der Waals surface area contributed by atoms with Gasteiger partial charge < -0.3 is 5.32 Å². The van der Waals surface area contributed by atoms with Crippen LogP contribution in [0.3, 0.4) is 0 Å². The van der Waals surface area contributed by atoms with E-state index in [0.717, 1.165) is 6.26 Å². The fourth-order valence-corrected chi connectivity index (χ4v) is 1.50. The molecule has 0 bridgehead atoms. The zero-order chi connectivity index (χ0) is 12.9. The second-order valence-electron chi connectivity index (χ2n) is 3.27. The molecule has 1 rings (SSSR count). The fraction of sp³-hybridized carbons (Fsp3) is 0.200. The van der Waals surface area contributed by atoms with E-state index in [4.69, 9.17) is 0 Å². The smallest absolute Gasteiger partial charge is 0.275 e. The van der Waals surface area contributed by atoms with Gasteiger partial charge >= 0.3 is 0 Å². The Hall–Kier alpha value is -1.89. The van der Waals surface area contributed by atoms with Crippen LogP contribution in [0.15, 0.2) is 30.3 Å². The molecule has 0 aliphatic rings. The molecule has 2 amide bonds. The molecule has 6 nitrogen and oxygen atoms in total. The molecule has 0 atom stereocenters. The molecule has 1 radical (unpaired) electrons. The van der Waals surface area contributed by atoms with Crippen LogP contribution in [0, 0.1) is 0 Å². The molecule has 0 spiro atoms. The average Bonchev–Trinajstić information content (AvgIpc) is 2.25. The summed E-state index contributed by atoms with van der Waals surface area (Å²) in [7, 11) is -3.71. The molecule has 0 fully saturated rings. The van der Waals surface area contributed by atoms with Crippen LogP contribution in [0.2, 0.25) is 0 Å². The molecule has 0 unspecified atom stereocenters. The molecule has 1 aromatic rings. The van der Waals surface area contributed by atoms with Crippen LogP contribution in [0.1, 0.15) is 10.4 Å². The second-order valence-corrected chi connectivity index (χ2v) is 4.92. The van der Waals surface area contributed by atoms with Crippen molar-refractivity contribution in [3.8, 4) is 0 Å². The summed E-state index contributed by atoms with van der Waals surface area (Å²) in [6.45, 7) is -0.444. The average molecular weight is 255 g/mol.